The predicted molar refractivity (Wildman–Crippen MR) is 72.3 cm³/mol. The molecule has 0 saturated heterocycles. The molecule has 2 rings (SSSR count). The Labute approximate surface area is 105 Å². The van der Waals surface area contributed by atoms with Crippen molar-refractivity contribution in [3.63, 3.8) is 0 Å². The van der Waals surface area contributed by atoms with E-state index in [9.17, 15) is 0 Å². The molecule has 0 unspecified atom stereocenters. The van der Waals surface area contributed by atoms with Crippen molar-refractivity contribution in [2.75, 3.05) is 11.7 Å². The molecule has 0 bridgehead atoms. The summed E-state index contributed by atoms with van der Waals surface area (Å²) in [4.78, 5) is 5.38. The first-order chi connectivity index (χ1) is 7.95. The number of nitrogen functional groups attached to an aromatic ring is 1. The molecule has 4 nitrogen and oxygen atoms in total. The Morgan fingerprint density at radius 1 is 1.35 bits per heavy atom. The lowest BCUT2D eigenvalue weighted by Crippen LogP contribution is -2.11. The van der Waals surface area contributed by atoms with E-state index in [0.717, 1.165) is 16.0 Å². The zero-order chi connectivity index (χ0) is 12.6. The Bertz CT molecular complexity index is 542. The van der Waals surface area contributed by atoms with Crippen LogP contribution in [0.2, 0.25) is 0 Å². The normalized spacial score (nSPS) is 12.1. The second kappa shape index (κ2) is 4.23. The van der Waals surface area contributed by atoms with Crippen molar-refractivity contribution in [3.05, 3.63) is 17.7 Å². The molecule has 0 atom stereocenters. The van der Waals surface area contributed by atoms with Crippen LogP contribution in [0.3, 0.4) is 0 Å². The summed E-state index contributed by atoms with van der Waals surface area (Å²) in [5.74, 6) is 5.32. The molecule has 0 radical (unpaired) electrons. The summed E-state index contributed by atoms with van der Waals surface area (Å²) < 4.78 is 5.54. The molecule has 0 aliphatic rings. The molecule has 92 valence electrons. The molecule has 0 fully saturated rings. The van der Waals surface area contributed by atoms with Crippen LogP contribution in [0.1, 0.15) is 26.3 Å². The lowest BCUT2D eigenvalue weighted by molar-refractivity contribution is 0.586. The van der Waals surface area contributed by atoms with E-state index < -0.39 is 0 Å². The molecule has 3 N–H and O–H groups in total. The van der Waals surface area contributed by atoms with E-state index in [1.807, 2.05) is 6.26 Å². The van der Waals surface area contributed by atoms with Gasteiger partial charge < -0.3 is 4.42 Å². The van der Waals surface area contributed by atoms with E-state index in [1.54, 1.807) is 11.8 Å². The summed E-state index contributed by atoms with van der Waals surface area (Å²) in [5.41, 5.74) is 5.40. The number of benzene rings is 1. The fourth-order valence-electron chi connectivity index (χ4n) is 1.65. The smallest absolute Gasteiger partial charge is 0.310 e. The average Bonchev–Trinajstić information content (AvgIpc) is 2.69. The van der Waals surface area contributed by atoms with Crippen LogP contribution in [0.5, 0.6) is 0 Å². The number of thioether (sulfide) groups is 1. The van der Waals surface area contributed by atoms with Crippen LogP contribution in [0.25, 0.3) is 11.1 Å². The predicted octanol–water partition coefficient (Wildman–Crippen LogP) is 3.13. The van der Waals surface area contributed by atoms with Crippen molar-refractivity contribution >= 4 is 28.9 Å². The minimum Gasteiger partial charge on any atom is -0.421 e. The van der Waals surface area contributed by atoms with Crippen molar-refractivity contribution in [1.29, 1.82) is 0 Å². The molecule has 1 heterocycles. The highest BCUT2D eigenvalue weighted by atomic mass is 32.2. The van der Waals surface area contributed by atoms with Crippen LogP contribution in [0.4, 0.5) is 6.01 Å². The molecule has 0 amide bonds. The second-order valence-electron chi connectivity index (χ2n) is 4.94. The third-order valence-corrected chi connectivity index (χ3v) is 3.41. The van der Waals surface area contributed by atoms with Crippen molar-refractivity contribution < 1.29 is 4.42 Å². The van der Waals surface area contributed by atoms with Gasteiger partial charge in [0.25, 0.3) is 0 Å². The van der Waals surface area contributed by atoms with Gasteiger partial charge >= 0.3 is 6.01 Å². The lowest BCUT2D eigenvalue weighted by atomic mass is 9.87. The third-order valence-electron chi connectivity index (χ3n) is 2.67. The van der Waals surface area contributed by atoms with E-state index in [2.05, 4.69) is 43.3 Å². The minimum absolute atomic E-state index is 0.0912. The van der Waals surface area contributed by atoms with Gasteiger partial charge in [0.05, 0.1) is 4.90 Å². The van der Waals surface area contributed by atoms with Gasteiger partial charge in [0.2, 0.25) is 0 Å². The molecular formula is C12H17N3OS. The van der Waals surface area contributed by atoms with Gasteiger partial charge in [-0.2, -0.15) is 4.98 Å². The van der Waals surface area contributed by atoms with Gasteiger partial charge in [-0.05, 0) is 29.4 Å². The molecule has 0 spiro atoms. The first-order valence-corrected chi connectivity index (χ1v) is 6.64. The minimum atomic E-state index is 0.0912. The maximum Gasteiger partial charge on any atom is 0.310 e. The van der Waals surface area contributed by atoms with E-state index >= 15 is 0 Å². The maximum atomic E-state index is 5.54. The van der Waals surface area contributed by atoms with Gasteiger partial charge in [0.15, 0.2) is 5.58 Å². The third kappa shape index (κ3) is 2.25. The summed E-state index contributed by atoms with van der Waals surface area (Å²) in [7, 11) is 0. The average molecular weight is 251 g/mol. The fourth-order valence-corrected chi connectivity index (χ4v) is 2.22. The Balaban J connectivity index is 2.68. The van der Waals surface area contributed by atoms with Crippen LogP contribution < -0.4 is 11.3 Å². The van der Waals surface area contributed by atoms with Gasteiger partial charge in [0, 0.05) is 0 Å². The first kappa shape index (κ1) is 12.3. The molecule has 5 heteroatoms. The molecule has 17 heavy (non-hydrogen) atoms. The standard InChI is InChI=1S/C12H17N3OS/c1-12(2,3)7-5-8-10(9(6-7)17-4)16-11(14-8)15-13/h5-6H,13H2,1-4H3,(H,14,15). The SMILES string of the molecule is CSc1cc(C(C)(C)C)cc2nc(NN)oc12. The number of fused-ring (bicyclic) bond motifs is 1. The quantitative estimate of drug-likeness (QED) is 0.488. The van der Waals surface area contributed by atoms with Crippen molar-refractivity contribution in [2.45, 2.75) is 31.1 Å². The number of hydrazine groups is 1. The van der Waals surface area contributed by atoms with Crippen LogP contribution in [-0.2, 0) is 5.41 Å². The van der Waals surface area contributed by atoms with E-state index in [-0.39, 0.29) is 5.41 Å². The van der Waals surface area contributed by atoms with Crippen molar-refractivity contribution in [3.8, 4) is 0 Å². The molecule has 1 aromatic heterocycles. The Morgan fingerprint density at radius 3 is 2.59 bits per heavy atom. The number of nitrogens with zero attached hydrogens (tertiary/aromatic N) is 1. The summed E-state index contributed by atoms with van der Waals surface area (Å²) >= 11 is 1.65. The monoisotopic (exact) mass is 251 g/mol. The van der Waals surface area contributed by atoms with Gasteiger partial charge in [-0.3, -0.25) is 5.43 Å². The zero-order valence-electron chi connectivity index (χ0n) is 10.5. The fraction of sp³-hybridized carbons (Fsp3) is 0.417. The first-order valence-electron chi connectivity index (χ1n) is 5.41. The van der Waals surface area contributed by atoms with Crippen LogP contribution in [-0.4, -0.2) is 11.2 Å². The molecule has 0 aliphatic heterocycles. The van der Waals surface area contributed by atoms with Gasteiger partial charge in [-0.25, -0.2) is 5.84 Å². The van der Waals surface area contributed by atoms with E-state index in [1.165, 1.54) is 5.56 Å². The highest BCUT2D eigenvalue weighted by Gasteiger charge is 2.18. The summed E-state index contributed by atoms with van der Waals surface area (Å²) in [6.07, 6.45) is 2.03. The Kier molecular flexibility index (Phi) is 3.05. The second-order valence-corrected chi connectivity index (χ2v) is 5.79. The maximum absolute atomic E-state index is 5.54. The van der Waals surface area contributed by atoms with Crippen molar-refractivity contribution in [2.24, 2.45) is 5.84 Å². The number of nitrogens with one attached hydrogen (secondary N) is 1. The highest BCUT2D eigenvalue weighted by molar-refractivity contribution is 7.98. The Morgan fingerprint density at radius 2 is 2.06 bits per heavy atom. The van der Waals surface area contributed by atoms with Gasteiger partial charge in [0.1, 0.15) is 5.52 Å². The molecule has 2 aromatic rings. The summed E-state index contributed by atoms with van der Waals surface area (Å²) in [6, 6.07) is 4.55. The zero-order valence-corrected chi connectivity index (χ0v) is 11.3. The van der Waals surface area contributed by atoms with E-state index in [0.29, 0.717) is 6.01 Å². The van der Waals surface area contributed by atoms with Crippen LogP contribution >= 0.6 is 11.8 Å². The van der Waals surface area contributed by atoms with Gasteiger partial charge in [-0.1, -0.05) is 20.8 Å². The number of hydrogen-bond donors (Lipinski definition) is 2. The highest BCUT2D eigenvalue weighted by Crippen LogP contribution is 2.34. The number of nitrogens with two attached hydrogens (primary N) is 1. The number of oxazole rings is 1. The molecule has 0 aliphatic carbocycles. The number of aromatic nitrogens is 1. The molecule has 0 saturated carbocycles. The van der Waals surface area contributed by atoms with Crippen molar-refractivity contribution in [1.82, 2.24) is 4.98 Å². The number of rotatable bonds is 2. The lowest BCUT2D eigenvalue weighted by Gasteiger charge is -2.19. The summed E-state index contributed by atoms with van der Waals surface area (Å²) in [5, 5.41) is 0. The Hall–Kier alpha value is -1.20. The van der Waals surface area contributed by atoms with E-state index in [4.69, 9.17) is 10.3 Å². The molecule has 1 aromatic carbocycles. The number of anilines is 1. The topological polar surface area (TPSA) is 64.1 Å². The summed E-state index contributed by atoms with van der Waals surface area (Å²) in [6.45, 7) is 6.54. The van der Waals surface area contributed by atoms with Gasteiger partial charge in [-0.15, -0.1) is 11.8 Å². The largest absolute Gasteiger partial charge is 0.421 e. The van der Waals surface area contributed by atoms with Crippen LogP contribution in [0.15, 0.2) is 21.4 Å². The van der Waals surface area contributed by atoms with Crippen LogP contribution in [0, 0.1) is 0 Å². The molecular weight excluding hydrogens is 234 g/mol. The number of hydrogen-bond acceptors (Lipinski definition) is 5.